The molecule has 0 saturated carbocycles. The van der Waals surface area contributed by atoms with Gasteiger partial charge in [-0.1, -0.05) is 0 Å². The largest absolute Gasteiger partial charge is 0.357 e. The van der Waals surface area contributed by atoms with Gasteiger partial charge in [0.2, 0.25) is 0 Å². The van der Waals surface area contributed by atoms with Crippen molar-refractivity contribution in [3.8, 4) is 0 Å². The summed E-state index contributed by atoms with van der Waals surface area (Å²) in [7, 11) is 0. The zero-order valence-corrected chi connectivity index (χ0v) is 6.77. The van der Waals surface area contributed by atoms with E-state index in [0.29, 0.717) is 5.82 Å². The minimum absolute atomic E-state index is 0.525. The molecule has 0 bridgehead atoms. The number of anilines is 2. The molecule has 3 N–H and O–H groups in total. The number of amides is 2. The van der Waals surface area contributed by atoms with Crippen LogP contribution in [0, 0.1) is 0 Å². The highest BCUT2D eigenvalue weighted by Gasteiger charge is 2.17. The Morgan fingerprint density at radius 2 is 2.46 bits per heavy atom. The topological polar surface area (TPSA) is 71.2 Å². The van der Waals surface area contributed by atoms with E-state index in [9.17, 15) is 4.79 Å². The van der Waals surface area contributed by atoms with Crippen molar-refractivity contribution >= 4 is 17.5 Å². The van der Waals surface area contributed by atoms with E-state index >= 15 is 0 Å². The standard InChI is InChI=1S/C8H8N4O/c9-8(13)12-5-4-10-6-2-1-3-11-7(6)12/h1-5,10H,(H2,9,13). The zero-order chi connectivity index (χ0) is 9.26. The van der Waals surface area contributed by atoms with Gasteiger partial charge in [0.15, 0.2) is 5.82 Å². The van der Waals surface area contributed by atoms with Gasteiger partial charge in [0, 0.05) is 18.6 Å². The third-order valence-corrected chi connectivity index (χ3v) is 1.71. The number of nitrogens with zero attached hydrogens (tertiary/aromatic N) is 2. The predicted molar refractivity (Wildman–Crippen MR) is 49.1 cm³/mol. The molecule has 1 aromatic heterocycles. The van der Waals surface area contributed by atoms with Crippen molar-refractivity contribution < 1.29 is 4.79 Å². The molecular formula is C8H8N4O. The van der Waals surface area contributed by atoms with E-state index in [2.05, 4.69) is 10.3 Å². The van der Waals surface area contributed by atoms with Gasteiger partial charge in [-0.05, 0) is 12.1 Å². The van der Waals surface area contributed by atoms with Gasteiger partial charge < -0.3 is 11.1 Å². The predicted octanol–water partition coefficient (Wildman–Crippen LogP) is 0.863. The third-order valence-electron chi connectivity index (χ3n) is 1.71. The van der Waals surface area contributed by atoms with Crippen molar-refractivity contribution in [1.82, 2.24) is 4.98 Å². The Kier molecular flexibility index (Phi) is 1.63. The molecule has 2 rings (SSSR count). The number of nitrogens with two attached hydrogens (primary N) is 1. The van der Waals surface area contributed by atoms with Crippen LogP contribution in [0.5, 0.6) is 0 Å². The maximum Gasteiger partial charge on any atom is 0.324 e. The lowest BCUT2D eigenvalue weighted by Gasteiger charge is -2.21. The maximum absolute atomic E-state index is 10.9. The van der Waals surface area contributed by atoms with Crippen LogP contribution in [-0.2, 0) is 0 Å². The van der Waals surface area contributed by atoms with Crippen LogP contribution in [-0.4, -0.2) is 11.0 Å². The summed E-state index contributed by atoms with van der Waals surface area (Å²) in [6.45, 7) is 0. The third kappa shape index (κ3) is 1.20. The van der Waals surface area contributed by atoms with E-state index in [0.717, 1.165) is 5.69 Å². The van der Waals surface area contributed by atoms with Crippen LogP contribution < -0.4 is 16.0 Å². The number of nitrogens with one attached hydrogen (secondary N) is 1. The lowest BCUT2D eigenvalue weighted by atomic mass is 10.3. The van der Waals surface area contributed by atoms with Gasteiger partial charge in [-0.15, -0.1) is 0 Å². The Bertz CT molecular complexity index is 374. The molecule has 0 saturated heterocycles. The smallest absolute Gasteiger partial charge is 0.324 e. The fourth-order valence-corrected chi connectivity index (χ4v) is 1.15. The average molecular weight is 176 g/mol. The van der Waals surface area contributed by atoms with Gasteiger partial charge in [0.1, 0.15) is 0 Å². The highest BCUT2D eigenvalue weighted by Crippen LogP contribution is 2.25. The first-order valence-electron chi connectivity index (χ1n) is 3.76. The molecule has 0 unspecified atom stereocenters. The summed E-state index contributed by atoms with van der Waals surface area (Å²) in [5, 5.41) is 2.95. The summed E-state index contributed by atoms with van der Waals surface area (Å²) in [5.74, 6) is 0.525. The van der Waals surface area contributed by atoms with Crippen LogP contribution in [0.3, 0.4) is 0 Å². The summed E-state index contributed by atoms with van der Waals surface area (Å²) < 4.78 is 0. The lowest BCUT2D eigenvalue weighted by molar-refractivity contribution is 0.255. The van der Waals surface area contributed by atoms with Crippen LogP contribution in [0.1, 0.15) is 0 Å². The molecule has 0 fully saturated rings. The van der Waals surface area contributed by atoms with Crippen molar-refractivity contribution in [3.05, 3.63) is 30.7 Å². The molecule has 0 aliphatic carbocycles. The summed E-state index contributed by atoms with van der Waals surface area (Å²) in [6.07, 6.45) is 4.78. The molecule has 5 nitrogen and oxygen atoms in total. The van der Waals surface area contributed by atoms with Gasteiger partial charge in [0.05, 0.1) is 5.69 Å². The van der Waals surface area contributed by atoms with Crippen LogP contribution >= 0.6 is 0 Å². The number of carbonyl (C=O) groups is 1. The van der Waals surface area contributed by atoms with Gasteiger partial charge in [0.25, 0.3) is 0 Å². The first-order chi connectivity index (χ1) is 6.29. The van der Waals surface area contributed by atoms with Crippen molar-refractivity contribution in [1.29, 1.82) is 0 Å². The Hall–Kier alpha value is -2.04. The van der Waals surface area contributed by atoms with E-state index < -0.39 is 6.03 Å². The molecular weight excluding hydrogens is 168 g/mol. The van der Waals surface area contributed by atoms with E-state index in [1.807, 2.05) is 6.07 Å². The highest BCUT2D eigenvalue weighted by molar-refractivity contribution is 5.95. The monoisotopic (exact) mass is 176 g/mol. The molecule has 0 atom stereocenters. The molecule has 2 amide bonds. The average Bonchev–Trinajstić information content (AvgIpc) is 2.17. The Balaban J connectivity index is 2.48. The minimum atomic E-state index is -0.544. The summed E-state index contributed by atoms with van der Waals surface area (Å²) in [6, 6.07) is 3.06. The second kappa shape index (κ2) is 2.78. The number of fused-ring (bicyclic) bond motifs is 1. The van der Waals surface area contributed by atoms with Crippen molar-refractivity contribution in [2.24, 2.45) is 5.73 Å². The number of carbonyl (C=O) groups excluding carboxylic acids is 1. The van der Waals surface area contributed by atoms with Crippen LogP contribution in [0.15, 0.2) is 30.7 Å². The Morgan fingerprint density at radius 3 is 3.23 bits per heavy atom. The van der Waals surface area contributed by atoms with E-state index in [4.69, 9.17) is 5.73 Å². The number of hydrogen-bond acceptors (Lipinski definition) is 3. The first-order valence-corrected chi connectivity index (χ1v) is 3.76. The number of rotatable bonds is 0. The molecule has 1 aliphatic heterocycles. The van der Waals surface area contributed by atoms with Gasteiger partial charge in [-0.2, -0.15) is 0 Å². The van der Waals surface area contributed by atoms with Crippen molar-refractivity contribution in [2.75, 3.05) is 10.2 Å². The first kappa shape index (κ1) is 7.60. The van der Waals surface area contributed by atoms with Crippen molar-refractivity contribution in [2.45, 2.75) is 0 Å². The molecule has 0 radical (unpaired) electrons. The van der Waals surface area contributed by atoms with Crippen LogP contribution in [0.2, 0.25) is 0 Å². The fraction of sp³-hybridized carbons (Fsp3) is 0. The Morgan fingerprint density at radius 1 is 1.62 bits per heavy atom. The Labute approximate surface area is 74.9 Å². The lowest BCUT2D eigenvalue weighted by Crippen LogP contribution is -2.33. The van der Waals surface area contributed by atoms with E-state index in [1.54, 1.807) is 18.5 Å². The molecule has 13 heavy (non-hydrogen) atoms. The molecule has 0 aromatic carbocycles. The van der Waals surface area contributed by atoms with Crippen molar-refractivity contribution in [3.63, 3.8) is 0 Å². The number of pyridine rings is 1. The SMILES string of the molecule is NC(=O)N1C=CNc2cccnc21. The van der Waals surface area contributed by atoms with Crippen LogP contribution in [0.4, 0.5) is 16.3 Å². The van der Waals surface area contributed by atoms with E-state index in [-0.39, 0.29) is 0 Å². The number of primary amides is 1. The normalized spacial score (nSPS) is 13.4. The number of urea groups is 1. The van der Waals surface area contributed by atoms with Crippen LogP contribution in [0.25, 0.3) is 0 Å². The fourth-order valence-electron chi connectivity index (χ4n) is 1.15. The summed E-state index contributed by atoms with van der Waals surface area (Å²) in [5.41, 5.74) is 5.92. The van der Waals surface area contributed by atoms with Gasteiger partial charge >= 0.3 is 6.03 Å². The van der Waals surface area contributed by atoms with Gasteiger partial charge in [-0.25, -0.2) is 9.78 Å². The van der Waals surface area contributed by atoms with E-state index in [1.165, 1.54) is 11.1 Å². The molecule has 1 aromatic rings. The molecule has 66 valence electrons. The molecule has 0 spiro atoms. The molecule has 1 aliphatic rings. The van der Waals surface area contributed by atoms with Gasteiger partial charge in [-0.3, -0.25) is 4.90 Å². The molecule has 2 heterocycles. The second-order valence-electron chi connectivity index (χ2n) is 2.54. The quantitative estimate of drug-likeness (QED) is 0.616. The summed E-state index contributed by atoms with van der Waals surface area (Å²) in [4.78, 5) is 16.3. The maximum atomic E-state index is 10.9. The number of hydrogen-bond donors (Lipinski definition) is 2. The number of aromatic nitrogens is 1. The zero-order valence-electron chi connectivity index (χ0n) is 6.77. The second-order valence-corrected chi connectivity index (χ2v) is 2.54. The molecule has 5 heteroatoms. The summed E-state index contributed by atoms with van der Waals surface area (Å²) >= 11 is 0. The minimum Gasteiger partial charge on any atom is -0.357 e. The highest BCUT2D eigenvalue weighted by atomic mass is 16.2.